The van der Waals surface area contributed by atoms with E-state index in [9.17, 15) is 19.2 Å². The molecule has 0 aliphatic carbocycles. The van der Waals surface area contributed by atoms with E-state index in [1.54, 1.807) is 36.4 Å². The first-order chi connectivity index (χ1) is 22.5. The molecule has 0 spiro atoms. The fraction of sp³-hybridized carbons (Fsp3) is 0. The molecular weight excluding hydrogens is 584 g/mol. The van der Waals surface area contributed by atoms with Crippen LogP contribution >= 0.6 is 0 Å². The van der Waals surface area contributed by atoms with Crippen molar-refractivity contribution in [3.05, 3.63) is 127 Å². The van der Waals surface area contributed by atoms with Gasteiger partial charge in [-0.1, -0.05) is 48.5 Å². The van der Waals surface area contributed by atoms with Crippen molar-refractivity contribution in [1.29, 1.82) is 0 Å². The Hall–Kier alpha value is -6.54. The third-order valence-corrected chi connectivity index (χ3v) is 9.53. The predicted molar refractivity (Wildman–Crippen MR) is 178 cm³/mol. The second-order valence-electron chi connectivity index (χ2n) is 11.7. The Morgan fingerprint density at radius 3 is 1.04 bits per heavy atom. The quantitative estimate of drug-likeness (QED) is 0.128. The van der Waals surface area contributed by atoms with Crippen molar-refractivity contribution in [2.75, 3.05) is 0 Å². The standard InChI is InChI=1S/C38H14O8/c39-35-19-9-1-5-15-27(19)21(37(41)45-35)13-25-31(15)33-17-7-3-12-24-30(17)34(18-8-4-11-23(43-25)29(18)33)32-16-6-2-10-20-28(16)22(14-26(32)44-24)38(42)46-36(20)40/h1-14H. The van der Waals surface area contributed by atoms with Gasteiger partial charge in [0.2, 0.25) is 0 Å². The molecule has 4 aromatic heterocycles. The van der Waals surface area contributed by atoms with Crippen LogP contribution in [0.25, 0.3) is 109 Å². The Kier molecular flexibility index (Phi) is 4.02. The van der Waals surface area contributed by atoms with Gasteiger partial charge in [-0.05, 0) is 57.9 Å². The minimum absolute atomic E-state index is 0.271. The van der Waals surface area contributed by atoms with E-state index in [2.05, 4.69) is 0 Å². The fourth-order valence-corrected chi connectivity index (χ4v) is 7.84. The van der Waals surface area contributed by atoms with Crippen molar-refractivity contribution in [2.24, 2.45) is 0 Å². The van der Waals surface area contributed by atoms with E-state index < -0.39 is 22.5 Å². The number of rotatable bonds is 0. The molecule has 0 fully saturated rings. The molecule has 4 heterocycles. The first-order valence-electron chi connectivity index (χ1n) is 14.6. The van der Waals surface area contributed by atoms with Gasteiger partial charge in [0.25, 0.3) is 0 Å². The van der Waals surface area contributed by atoms with Gasteiger partial charge >= 0.3 is 22.5 Å². The molecule has 0 bridgehead atoms. The van der Waals surface area contributed by atoms with E-state index in [1.165, 1.54) is 0 Å². The highest BCUT2D eigenvalue weighted by molar-refractivity contribution is 6.44. The highest BCUT2D eigenvalue weighted by atomic mass is 16.4. The molecule has 8 heteroatoms. The summed E-state index contributed by atoms with van der Waals surface area (Å²) in [5.74, 6) is 0. The Bertz CT molecular complexity index is 3220. The molecule has 7 aromatic carbocycles. The lowest BCUT2D eigenvalue weighted by atomic mass is 9.87. The Morgan fingerprint density at radius 1 is 0.283 bits per heavy atom. The maximum absolute atomic E-state index is 12.9. The largest absolute Gasteiger partial charge is 0.456 e. The summed E-state index contributed by atoms with van der Waals surface area (Å²) in [5, 5.41) is 10.4. The third-order valence-electron chi connectivity index (χ3n) is 9.53. The third kappa shape index (κ3) is 2.64. The van der Waals surface area contributed by atoms with Crippen molar-refractivity contribution < 1.29 is 17.7 Å². The summed E-state index contributed by atoms with van der Waals surface area (Å²) < 4.78 is 23.3. The number of fused-ring (bicyclic) bond motifs is 8. The van der Waals surface area contributed by atoms with Crippen LogP contribution in [0.15, 0.2) is 122 Å². The molecule has 0 unspecified atom stereocenters. The van der Waals surface area contributed by atoms with Gasteiger partial charge in [-0.15, -0.1) is 0 Å². The van der Waals surface area contributed by atoms with Crippen LogP contribution in [0.1, 0.15) is 0 Å². The van der Waals surface area contributed by atoms with E-state index >= 15 is 0 Å². The van der Waals surface area contributed by atoms with Gasteiger partial charge in [-0.25, -0.2) is 19.2 Å². The van der Waals surface area contributed by atoms with Crippen LogP contribution < -0.4 is 22.5 Å². The van der Waals surface area contributed by atoms with Crippen LogP contribution in [0, 0.1) is 0 Å². The average Bonchev–Trinajstić information content (AvgIpc) is 3.06. The lowest BCUT2D eigenvalue weighted by Gasteiger charge is -2.19. The van der Waals surface area contributed by atoms with Crippen LogP contribution in [0.5, 0.6) is 0 Å². The van der Waals surface area contributed by atoms with E-state index in [0.717, 1.165) is 43.1 Å². The van der Waals surface area contributed by atoms with E-state index in [-0.39, 0.29) is 10.8 Å². The predicted octanol–water partition coefficient (Wildman–Crippen LogP) is 7.91. The summed E-state index contributed by atoms with van der Waals surface area (Å²) in [6, 6.07) is 25.6. The van der Waals surface area contributed by atoms with E-state index in [4.69, 9.17) is 17.7 Å². The van der Waals surface area contributed by atoms with Crippen LogP contribution in [-0.2, 0) is 0 Å². The summed E-state index contributed by atoms with van der Waals surface area (Å²) in [5.41, 5.74) is -0.659. The molecule has 0 radical (unpaired) electrons. The van der Waals surface area contributed by atoms with Crippen molar-refractivity contribution >= 4 is 109 Å². The van der Waals surface area contributed by atoms with Gasteiger partial charge in [0.15, 0.2) is 0 Å². The number of hydrogen-bond donors (Lipinski definition) is 0. The molecule has 0 aliphatic rings. The maximum atomic E-state index is 12.9. The zero-order chi connectivity index (χ0) is 30.6. The monoisotopic (exact) mass is 598 g/mol. The minimum atomic E-state index is -0.716. The molecule has 8 nitrogen and oxygen atoms in total. The molecule has 11 aromatic rings. The lowest BCUT2D eigenvalue weighted by Crippen LogP contribution is -2.12. The Morgan fingerprint density at radius 2 is 0.609 bits per heavy atom. The number of benzene rings is 7. The fourth-order valence-electron chi connectivity index (χ4n) is 7.84. The summed E-state index contributed by atoms with van der Waals surface area (Å²) in [6.45, 7) is 0. The summed E-state index contributed by atoms with van der Waals surface area (Å²) in [6.07, 6.45) is 0. The normalized spacial score (nSPS) is 12.7. The molecular formula is C38H14O8. The van der Waals surface area contributed by atoms with Crippen LogP contribution in [0.2, 0.25) is 0 Å². The van der Waals surface area contributed by atoms with Crippen LogP contribution in [0.4, 0.5) is 0 Å². The van der Waals surface area contributed by atoms with Crippen LogP contribution in [0.3, 0.4) is 0 Å². The van der Waals surface area contributed by atoms with Crippen molar-refractivity contribution in [2.45, 2.75) is 0 Å². The molecule has 0 amide bonds. The Labute approximate surface area is 252 Å². The van der Waals surface area contributed by atoms with E-state index in [1.807, 2.05) is 48.5 Å². The first kappa shape index (κ1) is 23.9. The molecule has 0 saturated carbocycles. The average molecular weight is 599 g/mol. The topological polar surface area (TPSA) is 121 Å². The number of hydrogen-bond acceptors (Lipinski definition) is 8. The van der Waals surface area contributed by atoms with Crippen molar-refractivity contribution in [1.82, 2.24) is 0 Å². The smallest absolute Gasteiger partial charge is 0.346 e. The maximum Gasteiger partial charge on any atom is 0.346 e. The van der Waals surface area contributed by atoms with Gasteiger partial charge in [0.1, 0.15) is 22.3 Å². The molecule has 11 rings (SSSR count). The molecule has 0 N–H and O–H groups in total. The van der Waals surface area contributed by atoms with E-state index in [0.29, 0.717) is 54.6 Å². The van der Waals surface area contributed by atoms with Crippen LogP contribution in [-0.4, -0.2) is 0 Å². The van der Waals surface area contributed by atoms with Crippen molar-refractivity contribution in [3.8, 4) is 0 Å². The SMILES string of the molecule is O=c1oc(=O)c2cc3oc4cccc5c4c(c4cccc6oc7cc8c(=O)oc(=O)c9cccc(c98)c7c5c64)c3c3cccc1c23. The van der Waals surface area contributed by atoms with Gasteiger partial charge in [0.05, 0.1) is 21.5 Å². The lowest BCUT2D eigenvalue weighted by molar-refractivity contribution is 0.488. The summed E-state index contributed by atoms with van der Waals surface area (Å²) in [7, 11) is 0. The molecule has 0 atom stereocenters. The first-order valence-corrected chi connectivity index (χ1v) is 14.6. The van der Waals surface area contributed by atoms with Gasteiger partial charge in [0, 0.05) is 43.1 Å². The van der Waals surface area contributed by atoms with Gasteiger partial charge < -0.3 is 17.7 Å². The molecule has 0 saturated heterocycles. The molecule has 214 valence electrons. The summed E-state index contributed by atoms with van der Waals surface area (Å²) >= 11 is 0. The zero-order valence-electron chi connectivity index (χ0n) is 23.3. The zero-order valence-corrected chi connectivity index (χ0v) is 23.3. The van der Waals surface area contributed by atoms with Gasteiger partial charge in [-0.3, -0.25) is 0 Å². The highest BCUT2D eigenvalue weighted by Crippen LogP contribution is 2.49. The van der Waals surface area contributed by atoms with Gasteiger partial charge in [-0.2, -0.15) is 0 Å². The second-order valence-corrected chi connectivity index (χ2v) is 11.7. The minimum Gasteiger partial charge on any atom is -0.456 e. The molecule has 0 aliphatic heterocycles. The van der Waals surface area contributed by atoms with Crippen molar-refractivity contribution in [3.63, 3.8) is 0 Å². The second kappa shape index (κ2) is 7.75. The summed E-state index contributed by atoms with van der Waals surface area (Å²) in [4.78, 5) is 51.4. The highest BCUT2D eigenvalue weighted by Gasteiger charge is 2.25. The Balaban J connectivity index is 1.51. The molecule has 46 heavy (non-hydrogen) atoms.